The van der Waals surface area contributed by atoms with Crippen LogP contribution in [0.4, 0.5) is 0 Å². The van der Waals surface area contributed by atoms with Gasteiger partial charge in [-0.25, -0.2) is 0 Å². The van der Waals surface area contributed by atoms with Gasteiger partial charge in [0.25, 0.3) is 5.91 Å². The Morgan fingerprint density at radius 1 is 0.897 bits per heavy atom. The summed E-state index contributed by atoms with van der Waals surface area (Å²) in [6.07, 6.45) is 2.69. The van der Waals surface area contributed by atoms with Crippen LogP contribution in [0.5, 0.6) is 5.75 Å². The Bertz CT molecular complexity index is 717. The van der Waals surface area contributed by atoms with Crippen molar-refractivity contribution in [1.29, 1.82) is 0 Å². The van der Waals surface area contributed by atoms with Crippen LogP contribution in [0.3, 0.4) is 0 Å². The summed E-state index contributed by atoms with van der Waals surface area (Å²) in [6, 6.07) is 7.10. The zero-order chi connectivity index (χ0) is 20.8. The highest BCUT2D eigenvalue weighted by Crippen LogP contribution is 2.25. The maximum Gasteiger partial charge on any atom is 0.309 e. The van der Waals surface area contributed by atoms with Gasteiger partial charge in [-0.3, -0.25) is 14.4 Å². The van der Waals surface area contributed by atoms with Crippen LogP contribution < -0.4 is 4.74 Å². The molecule has 0 spiro atoms. The lowest BCUT2D eigenvalue weighted by molar-refractivity contribution is -0.152. The summed E-state index contributed by atoms with van der Waals surface area (Å²) in [5.41, 5.74) is 0.636. The number of carbonyl (C=O) groups excluding carboxylic acids is 3. The van der Waals surface area contributed by atoms with Gasteiger partial charge in [0.1, 0.15) is 5.75 Å². The number of likely N-dealkylation sites (tertiary alicyclic amines) is 2. The van der Waals surface area contributed by atoms with Crippen LogP contribution in [0, 0.1) is 11.8 Å². The summed E-state index contributed by atoms with van der Waals surface area (Å²) in [5, 5.41) is 0. The van der Waals surface area contributed by atoms with E-state index in [-0.39, 0.29) is 29.6 Å². The molecule has 2 aliphatic rings. The Kier molecular flexibility index (Phi) is 7.12. The summed E-state index contributed by atoms with van der Waals surface area (Å²) in [6.45, 7) is 4.58. The standard InChI is InChI=1S/C22H30N2O5/c1-3-29-22(27)18-10-14-24(15-11-18)21(26)17-8-12-23(13-9-17)20(25)16-4-6-19(28-2)7-5-16/h4-7,17-18H,3,8-15H2,1-2H3. The number of benzene rings is 1. The Morgan fingerprint density at radius 2 is 1.45 bits per heavy atom. The highest BCUT2D eigenvalue weighted by atomic mass is 16.5. The number of piperidine rings is 2. The van der Waals surface area contributed by atoms with Crippen LogP contribution in [-0.2, 0) is 14.3 Å². The average Bonchev–Trinajstić information content (AvgIpc) is 2.78. The first-order valence-corrected chi connectivity index (χ1v) is 10.4. The van der Waals surface area contributed by atoms with E-state index in [1.165, 1.54) is 0 Å². The molecule has 29 heavy (non-hydrogen) atoms. The monoisotopic (exact) mass is 402 g/mol. The van der Waals surface area contributed by atoms with E-state index >= 15 is 0 Å². The lowest BCUT2D eigenvalue weighted by atomic mass is 9.92. The van der Waals surface area contributed by atoms with E-state index in [1.54, 1.807) is 31.4 Å². The number of hydrogen-bond donors (Lipinski definition) is 0. The highest BCUT2D eigenvalue weighted by molar-refractivity contribution is 5.94. The van der Waals surface area contributed by atoms with Gasteiger partial charge in [0.15, 0.2) is 0 Å². The number of carbonyl (C=O) groups is 3. The van der Waals surface area contributed by atoms with Crippen molar-refractivity contribution in [1.82, 2.24) is 9.80 Å². The predicted molar refractivity (Wildman–Crippen MR) is 108 cm³/mol. The molecule has 0 saturated carbocycles. The second kappa shape index (κ2) is 9.76. The molecular formula is C22H30N2O5. The lowest BCUT2D eigenvalue weighted by Gasteiger charge is -2.37. The van der Waals surface area contributed by atoms with Crippen LogP contribution in [0.2, 0.25) is 0 Å². The molecule has 2 saturated heterocycles. The molecule has 0 radical (unpaired) electrons. The van der Waals surface area contributed by atoms with E-state index in [2.05, 4.69) is 0 Å². The molecule has 0 aromatic heterocycles. The minimum atomic E-state index is -0.148. The second-order valence-electron chi connectivity index (χ2n) is 7.65. The van der Waals surface area contributed by atoms with Crippen molar-refractivity contribution in [2.45, 2.75) is 32.6 Å². The van der Waals surface area contributed by atoms with E-state index in [0.717, 1.165) is 5.75 Å². The predicted octanol–water partition coefficient (Wildman–Crippen LogP) is 2.35. The SMILES string of the molecule is CCOC(=O)C1CCN(C(=O)C2CCN(C(=O)c3ccc(OC)cc3)CC2)CC1. The summed E-state index contributed by atoms with van der Waals surface area (Å²) >= 11 is 0. The number of ether oxygens (including phenoxy) is 2. The van der Waals surface area contributed by atoms with E-state index in [9.17, 15) is 14.4 Å². The van der Waals surface area contributed by atoms with Crippen LogP contribution in [0.1, 0.15) is 43.0 Å². The first-order chi connectivity index (χ1) is 14.0. The third kappa shape index (κ3) is 5.08. The minimum absolute atomic E-state index is 0.00574. The van der Waals surface area contributed by atoms with E-state index in [4.69, 9.17) is 9.47 Å². The molecule has 1 aromatic carbocycles. The molecule has 0 unspecified atom stereocenters. The fraction of sp³-hybridized carbons (Fsp3) is 0.591. The van der Waals surface area contributed by atoms with Crippen molar-refractivity contribution in [2.75, 3.05) is 39.9 Å². The van der Waals surface area contributed by atoms with Crippen LogP contribution in [-0.4, -0.2) is 67.5 Å². The van der Waals surface area contributed by atoms with E-state index in [1.807, 2.05) is 16.7 Å². The molecule has 2 aliphatic heterocycles. The number of rotatable bonds is 5. The molecule has 7 nitrogen and oxygen atoms in total. The van der Waals surface area contributed by atoms with Gasteiger partial charge < -0.3 is 19.3 Å². The van der Waals surface area contributed by atoms with Gasteiger partial charge in [0.2, 0.25) is 5.91 Å². The Morgan fingerprint density at radius 3 is 2.00 bits per heavy atom. The minimum Gasteiger partial charge on any atom is -0.497 e. The third-order valence-corrected chi connectivity index (χ3v) is 5.89. The Labute approximate surface area is 171 Å². The number of amides is 2. The molecule has 2 fully saturated rings. The van der Waals surface area contributed by atoms with Gasteiger partial charge in [0, 0.05) is 37.7 Å². The summed E-state index contributed by atoms with van der Waals surface area (Å²) in [4.78, 5) is 41.1. The topological polar surface area (TPSA) is 76.2 Å². The van der Waals surface area contributed by atoms with Crippen molar-refractivity contribution in [3.05, 3.63) is 29.8 Å². The van der Waals surface area contributed by atoms with Crippen molar-refractivity contribution in [3.8, 4) is 5.75 Å². The molecule has 7 heteroatoms. The number of hydrogen-bond acceptors (Lipinski definition) is 5. The number of nitrogens with zero attached hydrogens (tertiary/aromatic N) is 2. The van der Waals surface area contributed by atoms with Crippen molar-refractivity contribution in [2.24, 2.45) is 11.8 Å². The molecule has 2 amide bonds. The molecule has 3 rings (SSSR count). The average molecular weight is 402 g/mol. The summed E-state index contributed by atoms with van der Waals surface area (Å²) < 4.78 is 10.2. The van der Waals surface area contributed by atoms with Gasteiger partial charge in [-0.05, 0) is 56.9 Å². The molecule has 0 N–H and O–H groups in total. The maximum absolute atomic E-state index is 12.9. The smallest absolute Gasteiger partial charge is 0.309 e. The fourth-order valence-corrected chi connectivity index (χ4v) is 4.10. The van der Waals surface area contributed by atoms with Crippen LogP contribution in [0.25, 0.3) is 0 Å². The lowest BCUT2D eigenvalue weighted by Crippen LogP contribution is -2.47. The molecule has 1 aromatic rings. The van der Waals surface area contributed by atoms with Crippen molar-refractivity contribution >= 4 is 17.8 Å². The number of esters is 1. The van der Waals surface area contributed by atoms with Gasteiger partial charge in [0.05, 0.1) is 19.6 Å². The number of methoxy groups -OCH3 is 1. The molecule has 2 heterocycles. The van der Waals surface area contributed by atoms with E-state index in [0.29, 0.717) is 64.0 Å². The fourth-order valence-electron chi connectivity index (χ4n) is 4.10. The first-order valence-electron chi connectivity index (χ1n) is 10.4. The quantitative estimate of drug-likeness (QED) is 0.707. The third-order valence-electron chi connectivity index (χ3n) is 5.89. The molecule has 0 aliphatic carbocycles. The van der Waals surface area contributed by atoms with Crippen LogP contribution in [0.15, 0.2) is 24.3 Å². The van der Waals surface area contributed by atoms with Gasteiger partial charge >= 0.3 is 5.97 Å². The molecule has 158 valence electrons. The Hall–Kier alpha value is -2.57. The zero-order valence-electron chi connectivity index (χ0n) is 17.3. The van der Waals surface area contributed by atoms with Gasteiger partial charge in [-0.1, -0.05) is 0 Å². The summed E-state index contributed by atoms with van der Waals surface area (Å²) in [5.74, 6) is 0.581. The summed E-state index contributed by atoms with van der Waals surface area (Å²) in [7, 11) is 1.60. The van der Waals surface area contributed by atoms with E-state index < -0.39 is 0 Å². The molecule has 0 atom stereocenters. The first kappa shape index (κ1) is 21.1. The van der Waals surface area contributed by atoms with Gasteiger partial charge in [-0.2, -0.15) is 0 Å². The van der Waals surface area contributed by atoms with Crippen molar-refractivity contribution < 1.29 is 23.9 Å². The normalized spacial score (nSPS) is 18.4. The van der Waals surface area contributed by atoms with Crippen LogP contribution >= 0.6 is 0 Å². The molecule has 0 bridgehead atoms. The highest BCUT2D eigenvalue weighted by Gasteiger charge is 2.34. The Balaban J connectivity index is 1.47. The zero-order valence-corrected chi connectivity index (χ0v) is 17.3. The molecular weight excluding hydrogens is 372 g/mol. The maximum atomic E-state index is 12.9. The van der Waals surface area contributed by atoms with Crippen molar-refractivity contribution in [3.63, 3.8) is 0 Å². The van der Waals surface area contributed by atoms with Gasteiger partial charge in [-0.15, -0.1) is 0 Å². The largest absolute Gasteiger partial charge is 0.497 e. The second-order valence-corrected chi connectivity index (χ2v) is 7.65.